The Kier molecular flexibility index (Phi) is 6.48. The van der Waals surface area contributed by atoms with Crippen molar-refractivity contribution >= 4 is 27.1 Å². The first-order valence-corrected chi connectivity index (χ1v) is 11.6. The van der Waals surface area contributed by atoms with Gasteiger partial charge in [-0.3, -0.25) is 18.6 Å². The number of Topliss-reactive ketones (excluding diaryl/α,β-unsaturated/α-hetero) is 1. The van der Waals surface area contributed by atoms with Gasteiger partial charge in [0, 0.05) is 38.7 Å². The van der Waals surface area contributed by atoms with Crippen LogP contribution in [0.15, 0.2) is 59.4 Å². The highest BCUT2D eigenvalue weighted by Gasteiger charge is 2.18. The molecule has 1 N–H and O–H groups in total. The molecule has 0 bridgehead atoms. The Morgan fingerprint density at radius 2 is 1.90 bits per heavy atom. The average molecular weight is 448 g/mol. The fourth-order valence-corrected chi connectivity index (χ4v) is 3.70. The molecule has 6 nitrogen and oxygen atoms in total. The van der Waals surface area contributed by atoms with Gasteiger partial charge in [-0.05, 0) is 42.8 Å². The molecule has 0 spiro atoms. The minimum Gasteiger partial charge on any atom is -0.294 e. The number of hydrogen-bond acceptors (Lipinski definition) is 5. The standard InChI is InChI=1S/C21H19ClFN3O3S/c1-30(24,29)11-3-6-20(27)18-13-19(14-7-9-15(22)10-8-14)25-26(21(18)28)17-5-2-4-16(23)12-17/h2,4-5,7-10,12-13,24H,3,6,11H2,1H3. The molecule has 3 aromatic rings. The molecule has 1 atom stereocenters. The zero-order valence-corrected chi connectivity index (χ0v) is 17.7. The van der Waals surface area contributed by atoms with Crippen LogP contribution in [-0.4, -0.2) is 31.8 Å². The van der Waals surface area contributed by atoms with Crippen molar-refractivity contribution in [3.05, 3.63) is 81.4 Å². The molecule has 0 aliphatic heterocycles. The third-order valence-electron chi connectivity index (χ3n) is 4.34. The van der Waals surface area contributed by atoms with Crippen molar-refractivity contribution in [1.82, 2.24) is 9.78 Å². The van der Waals surface area contributed by atoms with E-state index in [4.69, 9.17) is 16.4 Å². The van der Waals surface area contributed by atoms with Gasteiger partial charge in [-0.15, -0.1) is 0 Å². The molecule has 9 heteroatoms. The second-order valence-electron chi connectivity index (χ2n) is 6.88. The van der Waals surface area contributed by atoms with Crippen LogP contribution >= 0.6 is 11.6 Å². The van der Waals surface area contributed by atoms with Crippen molar-refractivity contribution < 1.29 is 13.4 Å². The molecule has 0 aliphatic rings. The summed E-state index contributed by atoms with van der Waals surface area (Å²) in [5.74, 6) is -0.933. The first-order chi connectivity index (χ1) is 14.1. The molecule has 0 amide bonds. The Hall–Kier alpha value is -2.84. The highest BCUT2D eigenvalue weighted by molar-refractivity contribution is 7.91. The summed E-state index contributed by atoms with van der Waals surface area (Å²) in [7, 11) is -2.73. The zero-order chi connectivity index (χ0) is 21.9. The Labute approximate surface area is 178 Å². The molecule has 0 aliphatic carbocycles. The average Bonchev–Trinajstić information content (AvgIpc) is 2.68. The van der Waals surface area contributed by atoms with Crippen molar-refractivity contribution in [2.24, 2.45) is 0 Å². The Morgan fingerprint density at radius 3 is 2.53 bits per heavy atom. The van der Waals surface area contributed by atoms with Crippen LogP contribution in [0.2, 0.25) is 5.02 Å². The number of benzene rings is 2. The van der Waals surface area contributed by atoms with Gasteiger partial charge < -0.3 is 0 Å². The predicted octanol–water partition coefficient (Wildman–Crippen LogP) is 4.33. The maximum atomic E-state index is 13.7. The molecule has 0 radical (unpaired) electrons. The number of aromatic nitrogens is 2. The lowest BCUT2D eigenvalue weighted by molar-refractivity contribution is 0.0980. The number of rotatable bonds is 7. The SMILES string of the molecule is CS(=N)(=O)CCCC(=O)c1cc(-c2ccc(Cl)cc2)nn(-c2cccc(F)c2)c1=O. The summed E-state index contributed by atoms with van der Waals surface area (Å²) in [6.07, 6.45) is 1.49. The maximum Gasteiger partial charge on any atom is 0.282 e. The van der Waals surface area contributed by atoms with Crippen molar-refractivity contribution in [3.8, 4) is 16.9 Å². The van der Waals surface area contributed by atoms with Crippen LogP contribution in [0.25, 0.3) is 16.9 Å². The number of nitrogens with zero attached hydrogens (tertiary/aromatic N) is 2. The van der Waals surface area contributed by atoms with E-state index in [1.54, 1.807) is 24.3 Å². The second-order valence-corrected chi connectivity index (χ2v) is 9.74. The molecule has 0 fully saturated rings. The van der Waals surface area contributed by atoms with E-state index in [0.717, 1.165) is 10.7 Å². The summed E-state index contributed by atoms with van der Waals surface area (Å²) >= 11 is 5.93. The third-order valence-corrected chi connectivity index (χ3v) is 5.66. The van der Waals surface area contributed by atoms with Crippen LogP contribution in [0.5, 0.6) is 0 Å². The van der Waals surface area contributed by atoms with Crippen LogP contribution in [-0.2, 0) is 9.73 Å². The lowest BCUT2D eigenvalue weighted by Gasteiger charge is -2.11. The summed E-state index contributed by atoms with van der Waals surface area (Å²) in [6.45, 7) is 0. The molecular formula is C21H19ClFN3O3S. The van der Waals surface area contributed by atoms with Gasteiger partial charge in [0.05, 0.1) is 16.9 Å². The highest BCUT2D eigenvalue weighted by atomic mass is 35.5. The zero-order valence-electron chi connectivity index (χ0n) is 16.1. The van der Waals surface area contributed by atoms with E-state index >= 15 is 0 Å². The van der Waals surface area contributed by atoms with Crippen LogP contribution in [0.1, 0.15) is 23.2 Å². The van der Waals surface area contributed by atoms with E-state index in [1.165, 1.54) is 30.5 Å². The molecule has 0 saturated carbocycles. The maximum absolute atomic E-state index is 13.7. The van der Waals surface area contributed by atoms with Gasteiger partial charge in [-0.2, -0.15) is 9.78 Å². The number of nitrogens with one attached hydrogen (secondary N) is 1. The van der Waals surface area contributed by atoms with Crippen molar-refractivity contribution in [3.63, 3.8) is 0 Å². The van der Waals surface area contributed by atoms with Gasteiger partial charge in [0.15, 0.2) is 5.78 Å². The Balaban J connectivity index is 2.09. The fraction of sp³-hybridized carbons (Fsp3) is 0.190. The number of hydrogen-bond donors (Lipinski definition) is 1. The van der Waals surface area contributed by atoms with E-state index in [1.807, 2.05) is 0 Å². The quantitative estimate of drug-likeness (QED) is 0.545. The molecular weight excluding hydrogens is 429 g/mol. The molecule has 156 valence electrons. The first kappa shape index (κ1) is 21.9. The summed E-state index contributed by atoms with van der Waals surface area (Å²) in [4.78, 5) is 25.7. The van der Waals surface area contributed by atoms with Crippen molar-refractivity contribution in [1.29, 1.82) is 4.78 Å². The minimum atomic E-state index is -2.73. The third kappa shape index (κ3) is 5.40. The topological polar surface area (TPSA) is 92.9 Å². The molecule has 2 aromatic carbocycles. The van der Waals surface area contributed by atoms with Gasteiger partial charge >= 0.3 is 0 Å². The van der Waals surface area contributed by atoms with E-state index < -0.39 is 26.9 Å². The Bertz CT molecular complexity index is 1260. The number of halogens is 2. The largest absolute Gasteiger partial charge is 0.294 e. The van der Waals surface area contributed by atoms with E-state index in [-0.39, 0.29) is 29.8 Å². The van der Waals surface area contributed by atoms with E-state index in [2.05, 4.69) is 5.10 Å². The highest BCUT2D eigenvalue weighted by Crippen LogP contribution is 2.21. The lowest BCUT2D eigenvalue weighted by atomic mass is 10.1. The lowest BCUT2D eigenvalue weighted by Crippen LogP contribution is -2.28. The smallest absolute Gasteiger partial charge is 0.282 e. The molecule has 1 unspecified atom stereocenters. The van der Waals surface area contributed by atoms with Crippen LogP contribution < -0.4 is 5.56 Å². The summed E-state index contributed by atoms with van der Waals surface area (Å²) in [5.41, 5.74) is 0.380. The number of carbonyl (C=O) groups is 1. The number of carbonyl (C=O) groups excluding carboxylic acids is 1. The molecule has 30 heavy (non-hydrogen) atoms. The number of ketones is 1. The summed E-state index contributed by atoms with van der Waals surface area (Å²) in [6, 6.07) is 13.5. The first-order valence-electron chi connectivity index (χ1n) is 9.05. The van der Waals surface area contributed by atoms with E-state index in [0.29, 0.717) is 16.3 Å². The van der Waals surface area contributed by atoms with Gasteiger partial charge in [-0.1, -0.05) is 29.8 Å². The van der Waals surface area contributed by atoms with Gasteiger partial charge in [0.25, 0.3) is 5.56 Å². The van der Waals surface area contributed by atoms with Crippen molar-refractivity contribution in [2.45, 2.75) is 12.8 Å². The minimum absolute atomic E-state index is 0.0355. The normalized spacial score (nSPS) is 13.0. The fourth-order valence-electron chi connectivity index (χ4n) is 2.88. The molecule has 0 saturated heterocycles. The van der Waals surface area contributed by atoms with E-state index in [9.17, 15) is 18.2 Å². The van der Waals surface area contributed by atoms with Crippen molar-refractivity contribution in [2.75, 3.05) is 12.0 Å². The van der Waals surface area contributed by atoms with Crippen LogP contribution in [0.3, 0.4) is 0 Å². The van der Waals surface area contributed by atoms with Gasteiger partial charge in [0.2, 0.25) is 0 Å². The van der Waals surface area contributed by atoms with Crippen LogP contribution in [0.4, 0.5) is 4.39 Å². The molecule has 1 heterocycles. The summed E-state index contributed by atoms with van der Waals surface area (Å²) < 4.78 is 33.7. The monoisotopic (exact) mass is 447 g/mol. The summed E-state index contributed by atoms with van der Waals surface area (Å²) in [5, 5.41) is 4.83. The predicted molar refractivity (Wildman–Crippen MR) is 115 cm³/mol. The van der Waals surface area contributed by atoms with Crippen LogP contribution in [0, 0.1) is 10.6 Å². The van der Waals surface area contributed by atoms with Gasteiger partial charge in [0.1, 0.15) is 5.82 Å². The molecule has 1 aromatic heterocycles. The Morgan fingerprint density at radius 1 is 1.20 bits per heavy atom. The molecule has 3 rings (SSSR count). The van der Waals surface area contributed by atoms with Gasteiger partial charge in [-0.25, -0.2) is 4.39 Å². The second kappa shape index (κ2) is 8.89.